The molecule has 0 saturated heterocycles. The maximum atomic E-state index is 13.8. The number of alkyl halides is 2. The SMILES string of the molecule is O=C(NC1CCC(O)CC1)C(F)(F)C1(O)CCC1. The smallest absolute Gasteiger partial charge is 0.352 e. The van der Waals surface area contributed by atoms with E-state index in [1.807, 2.05) is 0 Å². The Balaban J connectivity index is 1.91. The summed E-state index contributed by atoms with van der Waals surface area (Å²) >= 11 is 0. The number of amides is 1. The minimum atomic E-state index is -3.72. The Kier molecular flexibility index (Phi) is 3.60. The van der Waals surface area contributed by atoms with Crippen molar-refractivity contribution in [2.75, 3.05) is 0 Å². The predicted octanol–water partition coefficient (Wildman–Crippen LogP) is 0.956. The lowest BCUT2D eigenvalue weighted by atomic mass is 9.75. The van der Waals surface area contributed by atoms with Crippen molar-refractivity contribution >= 4 is 5.91 Å². The van der Waals surface area contributed by atoms with Crippen molar-refractivity contribution in [2.24, 2.45) is 0 Å². The summed E-state index contributed by atoms with van der Waals surface area (Å²) in [6.45, 7) is 0. The van der Waals surface area contributed by atoms with Crippen molar-refractivity contribution in [1.29, 1.82) is 0 Å². The zero-order chi connectivity index (χ0) is 13.4. The van der Waals surface area contributed by atoms with E-state index in [-0.39, 0.29) is 18.9 Å². The lowest BCUT2D eigenvalue weighted by Crippen LogP contribution is -2.62. The van der Waals surface area contributed by atoms with Crippen LogP contribution in [0.5, 0.6) is 0 Å². The molecule has 6 heteroatoms. The van der Waals surface area contributed by atoms with Crippen molar-refractivity contribution in [1.82, 2.24) is 5.32 Å². The van der Waals surface area contributed by atoms with Gasteiger partial charge in [-0.2, -0.15) is 8.78 Å². The summed E-state index contributed by atoms with van der Waals surface area (Å²) in [7, 11) is 0. The van der Waals surface area contributed by atoms with E-state index in [1.54, 1.807) is 0 Å². The van der Waals surface area contributed by atoms with Crippen LogP contribution in [0, 0.1) is 0 Å². The maximum Gasteiger partial charge on any atom is 0.352 e. The van der Waals surface area contributed by atoms with E-state index in [9.17, 15) is 23.8 Å². The van der Waals surface area contributed by atoms with E-state index in [2.05, 4.69) is 5.32 Å². The van der Waals surface area contributed by atoms with Gasteiger partial charge in [0.2, 0.25) is 0 Å². The molecule has 2 aliphatic carbocycles. The molecule has 0 aliphatic heterocycles. The van der Waals surface area contributed by atoms with Gasteiger partial charge >= 0.3 is 5.92 Å². The van der Waals surface area contributed by atoms with Gasteiger partial charge in [0.05, 0.1) is 6.10 Å². The van der Waals surface area contributed by atoms with Crippen LogP contribution in [-0.2, 0) is 4.79 Å². The van der Waals surface area contributed by atoms with Crippen LogP contribution in [0.4, 0.5) is 8.78 Å². The van der Waals surface area contributed by atoms with Gasteiger partial charge in [0.25, 0.3) is 5.91 Å². The van der Waals surface area contributed by atoms with Crippen molar-refractivity contribution in [3.63, 3.8) is 0 Å². The average molecular weight is 263 g/mol. The molecule has 2 rings (SSSR count). The van der Waals surface area contributed by atoms with Crippen molar-refractivity contribution in [3.05, 3.63) is 0 Å². The third-order valence-electron chi connectivity index (χ3n) is 4.08. The molecule has 1 amide bonds. The lowest BCUT2D eigenvalue weighted by molar-refractivity contribution is -0.216. The van der Waals surface area contributed by atoms with Gasteiger partial charge in [-0.05, 0) is 44.9 Å². The number of hydrogen-bond donors (Lipinski definition) is 3. The molecule has 2 saturated carbocycles. The van der Waals surface area contributed by atoms with Gasteiger partial charge < -0.3 is 15.5 Å². The summed E-state index contributed by atoms with van der Waals surface area (Å²) in [5, 5.41) is 21.2. The highest BCUT2D eigenvalue weighted by atomic mass is 19.3. The molecule has 0 heterocycles. The highest BCUT2D eigenvalue weighted by molar-refractivity contribution is 5.85. The molecule has 3 N–H and O–H groups in total. The van der Waals surface area contributed by atoms with E-state index in [0.29, 0.717) is 32.1 Å². The molecule has 104 valence electrons. The van der Waals surface area contributed by atoms with Gasteiger partial charge in [-0.25, -0.2) is 0 Å². The van der Waals surface area contributed by atoms with Crippen molar-refractivity contribution < 1.29 is 23.8 Å². The normalized spacial score (nSPS) is 31.6. The van der Waals surface area contributed by atoms with Crippen LogP contribution in [0.25, 0.3) is 0 Å². The summed E-state index contributed by atoms with van der Waals surface area (Å²) < 4.78 is 27.5. The molecule has 0 unspecified atom stereocenters. The second kappa shape index (κ2) is 4.74. The average Bonchev–Trinajstić information content (AvgIpc) is 2.28. The monoisotopic (exact) mass is 263 g/mol. The molecule has 0 atom stereocenters. The van der Waals surface area contributed by atoms with E-state index in [1.165, 1.54) is 0 Å². The second-order valence-corrected chi connectivity index (χ2v) is 5.44. The molecule has 4 nitrogen and oxygen atoms in total. The zero-order valence-electron chi connectivity index (χ0n) is 10.2. The van der Waals surface area contributed by atoms with Crippen LogP contribution in [-0.4, -0.2) is 39.8 Å². The van der Waals surface area contributed by atoms with Crippen LogP contribution in [0.15, 0.2) is 0 Å². The number of aliphatic hydroxyl groups is 2. The van der Waals surface area contributed by atoms with Crippen LogP contribution in [0.1, 0.15) is 44.9 Å². The minimum Gasteiger partial charge on any atom is -0.393 e. The van der Waals surface area contributed by atoms with Crippen molar-refractivity contribution in [3.8, 4) is 0 Å². The molecule has 0 bridgehead atoms. The quantitative estimate of drug-likeness (QED) is 0.710. The molecule has 2 fully saturated rings. The van der Waals surface area contributed by atoms with Crippen LogP contribution >= 0.6 is 0 Å². The largest absolute Gasteiger partial charge is 0.393 e. The summed E-state index contributed by atoms with van der Waals surface area (Å²) in [6.07, 6.45) is 2.10. The number of carbonyl (C=O) groups excluding carboxylic acids is 1. The standard InChI is InChI=1S/C12H19F2NO3/c13-12(14,11(18)6-1-7-11)10(17)15-8-2-4-9(16)5-3-8/h8-9,16,18H,1-7H2,(H,15,17). The fourth-order valence-corrected chi connectivity index (χ4v) is 2.53. The Hall–Kier alpha value is -0.750. The van der Waals surface area contributed by atoms with Gasteiger partial charge in [0.1, 0.15) is 5.60 Å². The highest BCUT2D eigenvalue weighted by Gasteiger charge is 2.61. The zero-order valence-corrected chi connectivity index (χ0v) is 10.2. The Morgan fingerprint density at radius 1 is 1.22 bits per heavy atom. The fourth-order valence-electron chi connectivity index (χ4n) is 2.53. The van der Waals surface area contributed by atoms with Crippen molar-refractivity contribution in [2.45, 2.75) is 68.6 Å². The topological polar surface area (TPSA) is 69.6 Å². The third kappa shape index (κ3) is 2.36. The number of nitrogens with one attached hydrogen (secondary N) is 1. The van der Waals surface area contributed by atoms with E-state index in [0.717, 1.165) is 0 Å². The molecular weight excluding hydrogens is 244 g/mol. The molecule has 0 spiro atoms. The van der Waals surface area contributed by atoms with Gasteiger partial charge in [-0.3, -0.25) is 4.79 Å². The number of rotatable bonds is 3. The highest BCUT2D eigenvalue weighted by Crippen LogP contribution is 2.44. The van der Waals surface area contributed by atoms with Gasteiger partial charge in [-0.1, -0.05) is 0 Å². The summed E-state index contributed by atoms with van der Waals surface area (Å²) in [4.78, 5) is 11.6. The number of halogens is 2. The summed E-state index contributed by atoms with van der Waals surface area (Å²) in [5.74, 6) is -5.10. The number of aliphatic hydroxyl groups excluding tert-OH is 1. The molecule has 0 aromatic rings. The van der Waals surface area contributed by atoms with E-state index < -0.39 is 23.5 Å². The Morgan fingerprint density at radius 3 is 2.22 bits per heavy atom. The van der Waals surface area contributed by atoms with E-state index >= 15 is 0 Å². The van der Waals surface area contributed by atoms with Crippen LogP contribution < -0.4 is 5.32 Å². The predicted molar refractivity (Wildman–Crippen MR) is 60.2 cm³/mol. The lowest BCUT2D eigenvalue weighted by Gasteiger charge is -2.42. The molecule has 2 aliphatic rings. The number of hydrogen-bond acceptors (Lipinski definition) is 3. The number of carbonyl (C=O) groups is 1. The second-order valence-electron chi connectivity index (χ2n) is 5.44. The molecule has 18 heavy (non-hydrogen) atoms. The maximum absolute atomic E-state index is 13.8. The first kappa shape index (κ1) is 13.7. The summed E-state index contributed by atoms with van der Waals surface area (Å²) in [6, 6.07) is -0.324. The molecule has 0 aromatic carbocycles. The van der Waals surface area contributed by atoms with Crippen LogP contribution in [0.3, 0.4) is 0 Å². The first-order chi connectivity index (χ1) is 8.35. The first-order valence-corrected chi connectivity index (χ1v) is 6.44. The van der Waals surface area contributed by atoms with Gasteiger partial charge in [0.15, 0.2) is 0 Å². The fraction of sp³-hybridized carbons (Fsp3) is 0.917. The first-order valence-electron chi connectivity index (χ1n) is 6.44. The van der Waals surface area contributed by atoms with Gasteiger partial charge in [0, 0.05) is 6.04 Å². The van der Waals surface area contributed by atoms with E-state index in [4.69, 9.17) is 0 Å². The van der Waals surface area contributed by atoms with Gasteiger partial charge in [-0.15, -0.1) is 0 Å². The minimum absolute atomic E-state index is 0.0310. The molecule has 0 aromatic heterocycles. The molecular formula is C12H19F2NO3. The summed E-state index contributed by atoms with van der Waals surface area (Å²) in [5.41, 5.74) is -2.16. The Labute approximate surface area is 104 Å². The Bertz CT molecular complexity index is 323. The van der Waals surface area contributed by atoms with Crippen LogP contribution in [0.2, 0.25) is 0 Å². The molecule has 0 radical (unpaired) electrons. The Morgan fingerprint density at radius 2 is 1.78 bits per heavy atom. The third-order valence-corrected chi connectivity index (χ3v) is 4.08.